The first-order valence-corrected chi connectivity index (χ1v) is 10.2. The molecule has 3 rings (SSSR count). The summed E-state index contributed by atoms with van der Waals surface area (Å²) < 4.78 is 29.1. The molecule has 0 unspecified atom stereocenters. The zero-order valence-corrected chi connectivity index (χ0v) is 16.7. The number of aliphatic hydroxyl groups is 1. The van der Waals surface area contributed by atoms with Gasteiger partial charge in [0.05, 0.1) is 11.8 Å². The van der Waals surface area contributed by atoms with E-state index in [1.165, 1.54) is 10.5 Å². The van der Waals surface area contributed by atoms with Crippen LogP contribution in [0, 0.1) is 13.8 Å². The summed E-state index contributed by atoms with van der Waals surface area (Å²) in [6.45, 7) is 5.75. The molecule has 0 fully saturated rings. The van der Waals surface area contributed by atoms with E-state index < -0.39 is 16.1 Å². The number of benzene rings is 1. The average molecular weight is 388 g/mol. The van der Waals surface area contributed by atoms with Crippen molar-refractivity contribution in [1.82, 2.24) is 19.1 Å². The molecule has 0 saturated carbocycles. The van der Waals surface area contributed by atoms with Crippen LogP contribution in [0.1, 0.15) is 29.8 Å². The Morgan fingerprint density at radius 1 is 1.22 bits per heavy atom. The van der Waals surface area contributed by atoms with E-state index in [0.717, 1.165) is 11.3 Å². The molecule has 1 aromatic carbocycles. The van der Waals surface area contributed by atoms with Gasteiger partial charge in [-0.15, -0.1) is 0 Å². The van der Waals surface area contributed by atoms with Crippen molar-refractivity contribution in [2.45, 2.75) is 31.8 Å². The Balaban J connectivity index is 1.91. The van der Waals surface area contributed by atoms with Crippen molar-refractivity contribution >= 4 is 21.1 Å². The van der Waals surface area contributed by atoms with Crippen LogP contribution < -0.4 is 0 Å². The largest absolute Gasteiger partial charge is 0.387 e. The standard InChI is InChI=1S/C19H24N4O3S/c1-5-23(12-18(24)15-8-6-13(2)7-9-15)27(25,26)16-10-17-14(3)21-22(4)19(17)20-11-16/h6-11,18,24H,5,12H2,1-4H3/t18-/m1/s1. The lowest BCUT2D eigenvalue weighted by Crippen LogP contribution is -2.34. The number of hydrogen-bond acceptors (Lipinski definition) is 5. The third-order valence-electron chi connectivity index (χ3n) is 4.67. The van der Waals surface area contributed by atoms with Gasteiger partial charge in [0.2, 0.25) is 10.0 Å². The molecule has 0 spiro atoms. The molecule has 3 aromatic rings. The van der Waals surface area contributed by atoms with Crippen LogP contribution in [0.5, 0.6) is 0 Å². The molecule has 0 bridgehead atoms. The Bertz CT molecular complexity index is 1060. The number of pyridine rings is 1. The predicted octanol–water partition coefficient (Wildman–Crippen LogP) is 2.33. The number of aliphatic hydroxyl groups excluding tert-OH is 1. The van der Waals surface area contributed by atoms with Gasteiger partial charge in [-0.2, -0.15) is 9.40 Å². The van der Waals surface area contributed by atoms with Crippen molar-refractivity contribution in [3.05, 3.63) is 53.3 Å². The molecule has 27 heavy (non-hydrogen) atoms. The maximum Gasteiger partial charge on any atom is 0.244 e. The second kappa shape index (κ2) is 7.38. The summed E-state index contributed by atoms with van der Waals surface area (Å²) in [5.74, 6) is 0. The third-order valence-corrected chi connectivity index (χ3v) is 6.57. The first-order valence-electron chi connectivity index (χ1n) is 8.78. The summed E-state index contributed by atoms with van der Waals surface area (Å²) in [5.41, 5.74) is 3.12. The molecule has 0 radical (unpaired) electrons. The van der Waals surface area contributed by atoms with E-state index in [2.05, 4.69) is 10.1 Å². The smallest absolute Gasteiger partial charge is 0.244 e. The lowest BCUT2D eigenvalue weighted by Gasteiger charge is -2.23. The maximum atomic E-state index is 13.1. The monoisotopic (exact) mass is 388 g/mol. The van der Waals surface area contributed by atoms with Gasteiger partial charge in [-0.3, -0.25) is 4.68 Å². The van der Waals surface area contributed by atoms with E-state index in [1.54, 1.807) is 24.7 Å². The highest BCUT2D eigenvalue weighted by molar-refractivity contribution is 7.89. The number of aromatic nitrogens is 3. The second-order valence-electron chi connectivity index (χ2n) is 6.63. The van der Waals surface area contributed by atoms with Crippen molar-refractivity contribution in [1.29, 1.82) is 0 Å². The predicted molar refractivity (Wildman–Crippen MR) is 104 cm³/mol. The van der Waals surface area contributed by atoms with E-state index in [1.807, 2.05) is 38.1 Å². The van der Waals surface area contributed by atoms with Crippen molar-refractivity contribution in [2.24, 2.45) is 7.05 Å². The molecule has 144 valence electrons. The minimum atomic E-state index is -3.79. The van der Waals surface area contributed by atoms with Gasteiger partial charge in [-0.05, 0) is 25.5 Å². The highest BCUT2D eigenvalue weighted by Crippen LogP contribution is 2.24. The minimum Gasteiger partial charge on any atom is -0.387 e. The van der Waals surface area contributed by atoms with Crippen molar-refractivity contribution in [3.8, 4) is 0 Å². The quantitative estimate of drug-likeness (QED) is 0.700. The molecule has 2 heterocycles. The molecule has 0 aliphatic heterocycles. The van der Waals surface area contributed by atoms with E-state index in [9.17, 15) is 13.5 Å². The van der Waals surface area contributed by atoms with Crippen LogP contribution >= 0.6 is 0 Å². The number of rotatable bonds is 6. The van der Waals surface area contributed by atoms with Crippen molar-refractivity contribution < 1.29 is 13.5 Å². The van der Waals surface area contributed by atoms with Gasteiger partial charge in [0.15, 0.2) is 5.65 Å². The number of hydrogen-bond donors (Lipinski definition) is 1. The lowest BCUT2D eigenvalue weighted by atomic mass is 10.1. The van der Waals surface area contributed by atoms with Crippen LogP contribution in [-0.4, -0.2) is 45.7 Å². The number of fused-ring (bicyclic) bond motifs is 1. The van der Waals surface area contributed by atoms with Crippen LogP contribution in [0.2, 0.25) is 0 Å². The highest BCUT2D eigenvalue weighted by Gasteiger charge is 2.27. The topological polar surface area (TPSA) is 88.3 Å². The molecule has 2 aromatic heterocycles. The number of aryl methyl sites for hydroxylation is 3. The van der Waals surface area contributed by atoms with Gasteiger partial charge in [0, 0.05) is 31.7 Å². The molecule has 0 saturated heterocycles. The molecule has 1 atom stereocenters. The Hall–Kier alpha value is -2.29. The van der Waals surface area contributed by atoms with Gasteiger partial charge < -0.3 is 5.11 Å². The van der Waals surface area contributed by atoms with Crippen LogP contribution in [0.25, 0.3) is 11.0 Å². The zero-order chi connectivity index (χ0) is 19.8. The first kappa shape index (κ1) is 19.5. The van der Waals surface area contributed by atoms with Gasteiger partial charge in [0.25, 0.3) is 0 Å². The maximum absolute atomic E-state index is 13.1. The Kier molecular flexibility index (Phi) is 5.32. The number of sulfonamides is 1. The summed E-state index contributed by atoms with van der Waals surface area (Å²) in [4.78, 5) is 4.36. The minimum absolute atomic E-state index is 0.0219. The fourth-order valence-electron chi connectivity index (χ4n) is 3.06. The summed E-state index contributed by atoms with van der Waals surface area (Å²) in [6, 6.07) is 9.01. The molecular weight excluding hydrogens is 364 g/mol. The Morgan fingerprint density at radius 2 is 1.89 bits per heavy atom. The molecule has 0 aliphatic carbocycles. The van der Waals surface area contributed by atoms with Gasteiger partial charge in [0.1, 0.15) is 4.90 Å². The molecular formula is C19H24N4O3S. The average Bonchev–Trinajstić information content (AvgIpc) is 2.93. The molecule has 8 heteroatoms. The van der Waals surface area contributed by atoms with Gasteiger partial charge in [-0.25, -0.2) is 13.4 Å². The molecule has 7 nitrogen and oxygen atoms in total. The molecule has 0 aliphatic rings. The summed E-state index contributed by atoms with van der Waals surface area (Å²) in [7, 11) is -2.02. The van der Waals surface area contributed by atoms with Gasteiger partial charge >= 0.3 is 0 Å². The summed E-state index contributed by atoms with van der Waals surface area (Å²) >= 11 is 0. The van der Waals surface area contributed by atoms with E-state index in [0.29, 0.717) is 16.6 Å². The van der Waals surface area contributed by atoms with E-state index in [4.69, 9.17) is 0 Å². The molecule has 1 N–H and O–H groups in total. The highest BCUT2D eigenvalue weighted by atomic mass is 32.2. The normalized spacial score (nSPS) is 13.4. The van der Waals surface area contributed by atoms with Crippen LogP contribution in [0.3, 0.4) is 0 Å². The second-order valence-corrected chi connectivity index (χ2v) is 8.57. The Morgan fingerprint density at radius 3 is 2.52 bits per heavy atom. The molecule has 0 amide bonds. The van der Waals surface area contributed by atoms with E-state index in [-0.39, 0.29) is 18.0 Å². The van der Waals surface area contributed by atoms with Crippen molar-refractivity contribution in [2.75, 3.05) is 13.1 Å². The summed E-state index contributed by atoms with van der Waals surface area (Å²) in [6.07, 6.45) is 0.442. The first-order chi connectivity index (χ1) is 12.7. The van der Waals surface area contributed by atoms with E-state index >= 15 is 0 Å². The number of nitrogens with zero attached hydrogens (tertiary/aromatic N) is 4. The summed E-state index contributed by atoms with van der Waals surface area (Å²) in [5, 5.41) is 15.5. The van der Waals surface area contributed by atoms with Crippen molar-refractivity contribution in [3.63, 3.8) is 0 Å². The SMILES string of the molecule is CCN(C[C@@H](O)c1ccc(C)cc1)S(=O)(=O)c1cnc2c(c1)c(C)nn2C. The van der Waals surface area contributed by atoms with Crippen LogP contribution in [-0.2, 0) is 17.1 Å². The Labute approximate surface area is 159 Å². The van der Waals surface area contributed by atoms with Crippen LogP contribution in [0.15, 0.2) is 41.4 Å². The number of likely N-dealkylation sites (N-methyl/N-ethyl adjacent to an activating group) is 1. The fraction of sp³-hybridized carbons (Fsp3) is 0.368. The van der Waals surface area contributed by atoms with Crippen LogP contribution in [0.4, 0.5) is 0 Å². The lowest BCUT2D eigenvalue weighted by molar-refractivity contribution is 0.149. The fourth-order valence-corrected chi connectivity index (χ4v) is 4.49. The van der Waals surface area contributed by atoms with Gasteiger partial charge in [-0.1, -0.05) is 36.8 Å². The third kappa shape index (κ3) is 3.73. The zero-order valence-electron chi connectivity index (χ0n) is 15.9.